The van der Waals surface area contributed by atoms with Gasteiger partial charge in [0.25, 0.3) is 11.7 Å². The first kappa shape index (κ1) is 18.0. The van der Waals surface area contributed by atoms with Crippen molar-refractivity contribution in [2.24, 2.45) is 0 Å². The van der Waals surface area contributed by atoms with Gasteiger partial charge in [-0.1, -0.05) is 0 Å². The molecule has 0 aliphatic carbocycles. The Morgan fingerprint density at radius 1 is 1.29 bits per heavy atom. The number of esters is 1. The maximum Gasteiger partial charge on any atom is 0.408 e. The number of ketones is 1. The van der Waals surface area contributed by atoms with Gasteiger partial charge in [0.1, 0.15) is 11.7 Å². The minimum Gasteiger partial charge on any atom is -0.464 e. The van der Waals surface area contributed by atoms with E-state index in [2.05, 4.69) is 4.74 Å². The first-order valence-electron chi connectivity index (χ1n) is 7.31. The van der Waals surface area contributed by atoms with Crippen molar-refractivity contribution in [2.75, 3.05) is 7.11 Å². The summed E-state index contributed by atoms with van der Waals surface area (Å²) < 4.78 is 43.9. The molecule has 132 valence electrons. The van der Waals surface area contributed by atoms with E-state index in [1.807, 2.05) is 0 Å². The van der Waals surface area contributed by atoms with E-state index in [4.69, 9.17) is 0 Å². The van der Waals surface area contributed by atoms with Crippen molar-refractivity contribution in [1.29, 1.82) is 0 Å². The number of hydrogen-bond donors (Lipinski definition) is 1. The number of carbonyl (C=O) groups excluding carboxylic acids is 3. The number of methoxy groups -OCH3 is 1. The fraction of sp³-hybridized carbons (Fsp3) is 0.533. The predicted octanol–water partition coefficient (Wildman–Crippen LogP) is 1.78. The van der Waals surface area contributed by atoms with Crippen LogP contribution >= 0.6 is 0 Å². The molecule has 2 rings (SSSR count). The van der Waals surface area contributed by atoms with E-state index in [0.717, 1.165) is 6.92 Å². The Labute approximate surface area is 136 Å². The molecule has 1 aromatic rings. The van der Waals surface area contributed by atoms with Crippen molar-refractivity contribution in [3.8, 4) is 0 Å². The lowest BCUT2D eigenvalue weighted by atomic mass is 10.0. The molecule has 0 aromatic carbocycles. The standard InChI is InChI=1S/C15H17F3N2O4/c1-7-10(12(21)13(22)19-8(2)15(16,17)18)9-5-4-6-20(9)11(7)14(23)24-3/h8H,4-6H2,1-3H3,(H,19,22)/t8-/m1/s1. The van der Waals surface area contributed by atoms with Crippen molar-refractivity contribution in [3.63, 3.8) is 0 Å². The number of ether oxygens (including phenoxy) is 1. The van der Waals surface area contributed by atoms with Gasteiger partial charge in [-0.3, -0.25) is 9.59 Å². The van der Waals surface area contributed by atoms with Crippen LogP contribution < -0.4 is 5.32 Å². The molecule has 0 saturated heterocycles. The van der Waals surface area contributed by atoms with Crippen LogP contribution in [0.15, 0.2) is 0 Å². The SMILES string of the molecule is COC(=O)c1c(C)c(C(=O)C(=O)N[C@H](C)C(F)(F)F)c2n1CCC2. The van der Waals surface area contributed by atoms with Gasteiger partial charge in [-0.2, -0.15) is 13.2 Å². The number of Topliss-reactive ketones (excluding diaryl/α,β-unsaturated/α-hetero) is 1. The second kappa shape index (κ2) is 6.29. The molecule has 1 aliphatic rings. The number of nitrogens with one attached hydrogen (secondary N) is 1. The van der Waals surface area contributed by atoms with Gasteiger partial charge in [-0.25, -0.2) is 4.79 Å². The van der Waals surface area contributed by atoms with E-state index in [-0.39, 0.29) is 16.8 Å². The molecule has 9 heteroatoms. The average molecular weight is 346 g/mol. The second-order valence-electron chi connectivity index (χ2n) is 5.61. The highest BCUT2D eigenvalue weighted by Gasteiger charge is 2.39. The van der Waals surface area contributed by atoms with E-state index < -0.39 is 29.9 Å². The van der Waals surface area contributed by atoms with Gasteiger partial charge in [-0.15, -0.1) is 0 Å². The number of fused-ring (bicyclic) bond motifs is 1. The lowest BCUT2D eigenvalue weighted by molar-refractivity contribution is -0.156. The highest BCUT2D eigenvalue weighted by Crippen LogP contribution is 2.30. The van der Waals surface area contributed by atoms with Crippen LogP contribution in [0, 0.1) is 6.92 Å². The van der Waals surface area contributed by atoms with Gasteiger partial charge in [0.2, 0.25) is 0 Å². The highest BCUT2D eigenvalue weighted by molar-refractivity contribution is 6.43. The third kappa shape index (κ3) is 3.02. The van der Waals surface area contributed by atoms with Gasteiger partial charge < -0.3 is 14.6 Å². The lowest BCUT2D eigenvalue weighted by Gasteiger charge is -2.16. The molecule has 0 radical (unpaired) electrons. The van der Waals surface area contributed by atoms with Crippen LogP contribution in [0.3, 0.4) is 0 Å². The van der Waals surface area contributed by atoms with Crippen molar-refractivity contribution in [2.45, 2.75) is 45.5 Å². The van der Waals surface area contributed by atoms with Gasteiger partial charge in [-0.05, 0) is 32.3 Å². The molecule has 0 fully saturated rings. The highest BCUT2D eigenvalue weighted by atomic mass is 19.4. The first-order valence-corrected chi connectivity index (χ1v) is 7.31. The van der Waals surface area contributed by atoms with Gasteiger partial charge in [0.15, 0.2) is 0 Å². The number of amides is 1. The largest absolute Gasteiger partial charge is 0.464 e. The number of aromatic nitrogens is 1. The molecule has 0 saturated carbocycles. The van der Waals surface area contributed by atoms with Crippen molar-refractivity contribution < 1.29 is 32.3 Å². The summed E-state index contributed by atoms with van der Waals surface area (Å²) in [6.45, 7) is 2.71. The number of rotatable bonds is 4. The summed E-state index contributed by atoms with van der Waals surface area (Å²) in [5.41, 5.74) is 0.869. The smallest absolute Gasteiger partial charge is 0.408 e. The van der Waals surface area contributed by atoms with Crippen molar-refractivity contribution >= 4 is 17.7 Å². The Kier molecular flexibility index (Phi) is 4.73. The third-order valence-corrected chi connectivity index (χ3v) is 4.06. The zero-order valence-electron chi connectivity index (χ0n) is 13.4. The van der Waals surface area contributed by atoms with Gasteiger partial charge in [0.05, 0.1) is 12.7 Å². The van der Waals surface area contributed by atoms with E-state index in [9.17, 15) is 27.6 Å². The van der Waals surface area contributed by atoms with E-state index in [0.29, 0.717) is 25.1 Å². The fourth-order valence-electron chi connectivity index (χ4n) is 2.84. The number of nitrogens with zero attached hydrogens (tertiary/aromatic N) is 1. The molecule has 1 atom stereocenters. The van der Waals surface area contributed by atoms with Crippen LogP contribution in [-0.2, 0) is 22.5 Å². The van der Waals surface area contributed by atoms with E-state index >= 15 is 0 Å². The minimum atomic E-state index is -4.65. The van der Waals surface area contributed by atoms with Crippen LogP contribution in [0.25, 0.3) is 0 Å². The first-order chi connectivity index (χ1) is 11.1. The maximum absolute atomic E-state index is 12.5. The number of alkyl halides is 3. The second-order valence-corrected chi connectivity index (χ2v) is 5.61. The molecule has 0 unspecified atom stereocenters. The predicted molar refractivity (Wildman–Crippen MR) is 76.8 cm³/mol. The van der Waals surface area contributed by atoms with Crippen LogP contribution in [0.2, 0.25) is 0 Å². The van der Waals surface area contributed by atoms with Gasteiger partial charge >= 0.3 is 12.1 Å². The Morgan fingerprint density at radius 3 is 2.46 bits per heavy atom. The zero-order valence-corrected chi connectivity index (χ0v) is 13.4. The number of hydrogen-bond acceptors (Lipinski definition) is 4. The molecule has 24 heavy (non-hydrogen) atoms. The summed E-state index contributed by atoms with van der Waals surface area (Å²) in [5.74, 6) is -3.08. The molecular weight excluding hydrogens is 329 g/mol. The van der Waals surface area contributed by atoms with Crippen LogP contribution in [-0.4, -0.2) is 41.6 Å². The summed E-state index contributed by atoms with van der Waals surface area (Å²) in [4.78, 5) is 36.2. The number of halogens is 3. The Balaban J connectivity index is 2.37. The Morgan fingerprint density at radius 2 is 1.92 bits per heavy atom. The molecular formula is C15H17F3N2O4. The third-order valence-electron chi connectivity index (χ3n) is 4.06. The summed E-state index contributed by atoms with van der Waals surface area (Å²) in [6, 6.07) is -2.15. The van der Waals surface area contributed by atoms with Gasteiger partial charge in [0, 0.05) is 12.2 Å². The molecule has 2 heterocycles. The fourth-order valence-corrected chi connectivity index (χ4v) is 2.84. The summed E-state index contributed by atoms with van der Waals surface area (Å²) in [7, 11) is 1.19. The van der Waals surface area contributed by atoms with Crippen LogP contribution in [0.5, 0.6) is 0 Å². The van der Waals surface area contributed by atoms with E-state index in [1.165, 1.54) is 14.0 Å². The zero-order chi connectivity index (χ0) is 18.2. The van der Waals surface area contributed by atoms with Crippen LogP contribution in [0.1, 0.15) is 45.4 Å². The maximum atomic E-state index is 12.5. The van der Waals surface area contributed by atoms with Crippen molar-refractivity contribution in [1.82, 2.24) is 9.88 Å². The lowest BCUT2D eigenvalue weighted by Crippen LogP contribution is -2.46. The molecule has 1 aliphatic heterocycles. The monoisotopic (exact) mass is 346 g/mol. The molecule has 0 spiro atoms. The molecule has 1 amide bonds. The van der Waals surface area contributed by atoms with Crippen LogP contribution in [0.4, 0.5) is 13.2 Å². The molecule has 0 bridgehead atoms. The number of carbonyl (C=O) groups is 3. The Hall–Kier alpha value is -2.32. The summed E-state index contributed by atoms with van der Waals surface area (Å²) in [5, 5.41) is 1.65. The van der Waals surface area contributed by atoms with Crippen molar-refractivity contribution in [3.05, 3.63) is 22.5 Å². The normalized spacial score (nSPS) is 14.9. The topological polar surface area (TPSA) is 77.4 Å². The summed E-state index contributed by atoms with van der Waals surface area (Å²) in [6.07, 6.45) is -3.52. The molecule has 6 nitrogen and oxygen atoms in total. The quantitative estimate of drug-likeness (QED) is 0.512. The average Bonchev–Trinajstić information content (AvgIpc) is 3.04. The minimum absolute atomic E-state index is 0.0141. The Bertz CT molecular complexity index is 707. The molecule has 1 aromatic heterocycles. The molecule has 1 N–H and O–H groups in total. The summed E-state index contributed by atoms with van der Waals surface area (Å²) >= 11 is 0. The van der Waals surface area contributed by atoms with E-state index in [1.54, 1.807) is 9.88 Å².